The molecule has 8 heteroatoms. The quantitative estimate of drug-likeness (QED) is 0.395. The largest absolute Gasteiger partial charge is 0.478 e. The van der Waals surface area contributed by atoms with Crippen molar-refractivity contribution in [1.82, 2.24) is 14.8 Å². The van der Waals surface area contributed by atoms with Gasteiger partial charge in [-0.25, -0.2) is 9.48 Å². The van der Waals surface area contributed by atoms with Gasteiger partial charge in [-0.05, 0) is 68.0 Å². The summed E-state index contributed by atoms with van der Waals surface area (Å²) in [4.78, 5) is 27.4. The van der Waals surface area contributed by atoms with Crippen LogP contribution in [0.25, 0.3) is 28.6 Å². The molecule has 8 nitrogen and oxygen atoms in total. The van der Waals surface area contributed by atoms with E-state index in [0.29, 0.717) is 33.8 Å². The van der Waals surface area contributed by atoms with Crippen molar-refractivity contribution in [3.63, 3.8) is 0 Å². The Balaban J connectivity index is 1.58. The standard InChI is InChI=1S/C26H19N5O3/c1-14-22(29-15(2)24(14)26(33)34)12-20-19-11-17(5-8-21(19)30-25(20)32)23-9-10-28-31(23)18-6-3-16(13-27)4-7-18/h3-12,29H,1-2H3,(H,30,32)(H,33,34)/b20-12-. The van der Waals surface area contributed by atoms with Crippen molar-refractivity contribution in [2.45, 2.75) is 13.8 Å². The zero-order valence-corrected chi connectivity index (χ0v) is 18.4. The van der Waals surface area contributed by atoms with Crippen molar-refractivity contribution in [3.8, 4) is 23.0 Å². The second-order valence-corrected chi connectivity index (χ2v) is 8.03. The van der Waals surface area contributed by atoms with Gasteiger partial charge in [-0.15, -0.1) is 0 Å². The molecule has 1 amide bonds. The van der Waals surface area contributed by atoms with Crippen LogP contribution in [0.3, 0.4) is 0 Å². The van der Waals surface area contributed by atoms with Gasteiger partial charge in [0.1, 0.15) is 0 Å². The third-order valence-electron chi connectivity index (χ3n) is 5.96. The minimum atomic E-state index is -1.01. The van der Waals surface area contributed by atoms with Crippen molar-refractivity contribution in [1.29, 1.82) is 5.26 Å². The Labute approximate surface area is 194 Å². The molecule has 34 heavy (non-hydrogen) atoms. The van der Waals surface area contributed by atoms with Gasteiger partial charge in [0, 0.05) is 28.2 Å². The van der Waals surface area contributed by atoms with Crippen LogP contribution in [-0.4, -0.2) is 31.7 Å². The molecule has 2 aromatic heterocycles. The highest BCUT2D eigenvalue weighted by Crippen LogP contribution is 2.37. The van der Waals surface area contributed by atoms with Crippen molar-refractivity contribution >= 4 is 29.2 Å². The lowest BCUT2D eigenvalue weighted by Crippen LogP contribution is -2.03. The van der Waals surface area contributed by atoms with Crippen LogP contribution in [0.5, 0.6) is 0 Å². The van der Waals surface area contributed by atoms with Crippen LogP contribution < -0.4 is 5.32 Å². The fourth-order valence-corrected chi connectivity index (χ4v) is 4.28. The Kier molecular flexibility index (Phi) is 4.87. The first kappa shape index (κ1) is 21.0. The van der Waals surface area contributed by atoms with E-state index in [0.717, 1.165) is 22.5 Å². The SMILES string of the molecule is Cc1[nH]c(/C=C2\C(=O)Nc3ccc(-c4ccnn4-c4ccc(C#N)cc4)cc32)c(C)c1C(=O)O. The molecule has 3 N–H and O–H groups in total. The first-order valence-corrected chi connectivity index (χ1v) is 10.5. The number of fused-ring (bicyclic) bond motifs is 1. The molecule has 4 aromatic rings. The number of carbonyl (C=O) groups excluding carboxylic acids is 1. The molecule has 0 atom stereocenters. The Morgan fingerprint density at radius 3 is 2.59 bits per heavy atom. The minimum absolute atomic E-state index is 0.213. The van der Waals surface area contributed by atoms with Crippen molar-refractivity contribution in [3.05, 3.63) is 88.4 Å². The highest BCUT2D eigenvalue weighted by Gasteiger charge is 2.26. The topological polar surface area (TPSA) is 124 Å². The van der Waals surface area contributed by atoms with Crippen LogP contribution in [0.2, 0.25) is 0 Å². The second kappa shape index (κ2) is 7.90. The van der Waals surface area contributed by atoms with Gasteiger partial charge in [0.15, 0.2) is 0 Å². The molecule has 0 bridgehead atoms. The summed E-state index contributed by atoms with van der Waals surface area (Å²) in [6, 6.07) is 16.8. The monoisotopic (exact) mass is 449 g/mol. The van der Waals surface area contributed by atoms with Gasteiger partial charge in [-0.3, -0.25) is 4.79 Å². The summed E-state index contributed by atoms with van der Waals surface area (Å²) in [5.74, 6) is -1.26. The summed E-state index contributed by atoms with van der Waals surface area (Å²) in [7, 11) is 0. The highest BCUT2D eigenvalue weighted by molar-refractivity contribution is 6.35. The lowest BCUT2D eigenvalue weighted by molar-refractivity contribution is -0.110. The number of aromatic amines is 1. The van der Waals surface area contributed by atoms with Crippen LogP contribution >= 0.6 is 0 Å². The molecule has 0 spiro atoms. The number of aryl methyl sites for hydroxylation is 1. The predicted octanol–water partition coefficient (Wildman–Crippen LogP) is 4.55. The maximum absolute atomic E-state index is 12.8. The van der Waals surface area contributed by atoms with Crippen LogP contribution in [0.15, 0.2) is 54.7 Å². The van der Waals surface area contributed by atoms with Crippen molar-refractivity contribution < 1.29 is 14.7 Å². The molecule has 0 radical (unpaired) electrons. The number of hydrogen-bond acceptors (Lipinski definition) is 4. The molecule has 166 valence electrons. The van der Waals surface area contributed by atoms with Crippen molar-refractivity contribution in [2.75, 3.05) is 5.32 Å². The van der Waals surface area contributed by atoms with E-state index < -0.39 is 5.97 Å². The average Bonchev–Trinajstić information content (AvgIpc) is 3.50. The Hall–Kier alpha value is -4.90. The number of anilines is 1. The summed E-state index contributed by atoms with van der Waals surface area (Å²) in [6.07, 6.45) is 3.39. The normalized spacial score (nSPS) is 13.6. The molecule has 0 unspecified atom stereocenters. The van der Waals surface area contributed by atoms with Crippen LogP contribution in [0.4, 0.5) is 5.69 Å². The fraction of sp³-hybridized carbons (Fsp3) is 0.0769. The van der Waals surface area contributed by atoms with Gasteiger partial charge in [0.2, 0.25) is 0 Å². The van der Waals surface area contributed by atoms with Gasteiger partial charge in [-0.1, -0.05) is 6.07 Å². The molecule has 0 aliphatic carbocycles. The molecule has 0 fully saturated rings. The fourth-order valence-electron chi connectivity index (χ4n) is 4.28. The number of aromatic nitrogens is 3. The van der Waals surface area contributed by atoms with Gasteiger partial charge < -0.3 is 15.4 Å². The number of rotatable bonds is 4. The summed E-state index contributed by atoms with van der Waals surface area (Å²) < 4.78 is 1.77. The number of H-pyrrole nitrogens is 1. The number of hydrogen-bond donors (Lipinski definition) is 3. The van der Waals surface area contributed by atoms with Crippen LogP contribution in [0.1, 0.15) is 38.4 Å². The summed E-state index contributed by atoms with van der Waals surface area (Å²) >= 11 is 0. The molecule has 0 saturated carbocycles. The zero-order valence-electron chi connectivity index (χ0n) is 18.4. The summed E-state index contributed by atoms with van der Waals surface area (Å²) in [5.41, 5.74) is 6.82. The van der Waals surface area contributed by atoms with Gasteiger partial charge in [-0.2, -0.15) is 10.4 Å². The van der Waals surface area contributed by atoms with Crippen LogP contribution in [-0.2, 0) is 4.79 Å². The maximum Gasteiger partial charge on any atom is 0.337 e. The Bertz CT molecular complexity index is 1550. The molecule has 3 heterocycles. The number of benzene rings is 2. The molecule has 0 saturated heterocycles. The minimum Gasteiger partial charge on any atom is -0.478 e. The van der Waals surface area contributed by atoms with Crippen molar-refractivity contribution in [2.24, 2.45) is 0 Å². The number of aromatic carboxylic acids is 1. The van der Waals surface area contributed by atoms with E-state index in [1.54, 1.807) is 42.9 Å². The van der Waals surface area contributed by atoms with E-state index in [9.17, 15) is 14.7 Å². The molecule has 2 aromatic carbocycles. The number of carboxylic acids is 1. The molecular formula is C26H19N5O3. The molecular weight excluding hydrogens is 430 g/mol. The molecule has 5 rings (SSSR count). The second-order valence-electron chi connectivity index (χ2n) is 8.03. The van der Waals surface area contributed by atoms with Gasteiger partial charge >= 0.3 is 5.97 Å². The number of nitrogens with zero attached hydrogens (tertiary/aromatic N) is 3. The summed E-state index contributed by atoms with van der Waals surface area (Å²) in [5, 5.41) is 25.8. The maximum atomic E-state index is 12.8. The third kappa shape index (κ3) is 3.36. The Morgan fingerprint density at radius 1 is 1.15 bits per heavy atom. The Morgan fingerprint density at radius 2 is 1.91 bits per heavy atom. The van der Waals surface area contributed by atoms with E-state index in [-0.39, 0.29) is 11.5 Å². The smallest absolute Gasteiger partial charge is 0.337 e. The van der Waals surface area contributed by atoms with E-state index in [2.05, 4.69) is 21.5 Å². The lowest BCUT2D eigenvalue weighted by Gasteiger charge is -2.09. The van der Waals surface area contributed by atoms with E-state index in [4.69, 9.17) is 5.26 Å². The van der Waals surface area contributed by atoms with E-state index >= 15 is 0 Å². The third-order valence-corrected chi connectivity index (χ3v) is 5.96. The van der Waals surface area contributed by atoms with Gasteiger partial charge in [0.25, 0.3) is 5.91 Å². The number of amides is 1. The van der Waals surface area contributed by atoms with Crippen LogP contribution in [0, 0.1) is 25.2 Å². The first-order chi connectivity index (χ1) is 16.4. The summed E-state index contributed by atoms with van der Waals surface area (Å²) in [6.45, 7) is 3.42. The first-order valence-electron chi connectivity index (χ1n) is 10.5. The predicted molar refractivity (Wildman–Crippen MR) is 127 cm³/mol. The van der Waals surface area contributed by atoms with E-state index in [1.807, 2.05) is 36.4 Å². The van der Waals surface area contributed by atoms with E-state index in [1.165, 1.54) is 0 Å². The van der Waals surface area contributed by atoms with Gasteiger partial charge in [0.05, 0.1) is 40.3 Å². The lowest BCUT2D eigenvalue weighted by atomic mass is 10.0. The number of carbonyl (C=O) groups is 2. The zero-order chi connectivity index (χ0) is 24.0. The number of carboxylic acid groups (broad SMARTS) is 1. The number of nitriles is 1. The molecule has 1 aliphatic rings. The molecule has 1 aliphatic heterocycles. The highest BCUT2D eigenvalue weighted by atomic mass is 16.4. The average molecular weight is 449 g/mol. The number of nitrogens with one attached hydrogen (secondary N) is 2.